The Hall–Kier alpha value is -3.81. The Morgan fingerprint density at radius 1 is 1.14 bits per heavy atom. The number of hydrogen-bond donors (Lipinski definition) is 1. The third kappa shape index (κ3) is 3.39. The van der Waals surface area contributed by atoms with Crippen molar-refractivity contribution in [3.8, 4) is 22.6 Å². The van der Waals surface area contributed by atoms with Crippen molar-refractivity contribution in [3.63, 3.8) is 0 Å². The van der Waals surface area contributed by atoms with E-state index in [1.165, 1.54) is 35.4 Å². The van der Waals surface area contributed by atoms with Gasteiger partial charge in [-0.1, -0.05) is 6.07 Å². The van der Waals surface area contributed by atoms with Crippen LogP contribution in [0.5, 0.6) is 0 Å². The number of anilines is 1. The number of hydrogen-bond acceptors (Lipinski definition) is 5. The first-order chi connectivity index (χ1) is 13.5. The SMILES string of the molecule is Nc1ncc(-c2ccn(Cc3ccc(F)cc3F)c(=O)c2)c(-c2ccco2)n1. The van der Waals surface area contributed by atoms with E-state index in [0.717, 1.165) is 12.1 Å². The molecule has 3 aromatic heterocycles. The zero-order chi connectivity index (χ0) is 19.7. The van der Waals surface area contributed by atoms with Gasteiger partial charge in [-0.15, -0.1) is 0 Å². The lowest BCUT2D eigenvalue weighted by atomic mass is 10.1. The highest BCUT2D eigenvalue weighted by Crippen LogP contribution is 2.30. The molecule has 0 bridgehead atoms. The first-order valence-corrected chi connectivity index (χ1v) is 8.32. The number of nitrogens with zero attached hydrogens (tertiary/aromatic N) is 3. The van der Waals surface area contributed by atoms with Crippen molar-refractivity contribution in [3.05, 3.63) is 88.7 Å². The van der Waals surface area contributed by atoms with Crippen molar-refractivity contribution < 1.29 is 13.2 Å². The number of aromatic nitrogens is 3. The molecule has 0 spiro atoms. The Morgan fingerprint density at radius 3 is 2.71 bits per heavy atom. The molecule has 140 valence electrons. The molecule has 0 amide bonds. The first kappa shape index (κ1) is 17.6. The van der Waals surface area contributed by atoms with Gasteiger partial charge in [0.05, 0.1) is 12.8 Å². The predicted molar refractivity (Wildman–Crippen MR) is 99.3 cm³/mol. The fourth-order valence-corrected chi connectivity index (χ4v) is 2.85. The summed E-state index contributed by atoms with van der Waals surface area (Å²) >= 11 is 0. The van der Waals surface area contributed by atoms with Crippen LogP contribution in [0, 0.1) is 11.6 Å². The Morgan fingerprint density at radius 2 is 2.00 bits per heavy atom. The molecule has 0 radical (unpaired) electrons. The fraction of sp³-hybridized carbons (Fsp3) is 0.0500. The van der Waals surface area contributed by atoms with E-state index in [1.807, 2.05) is 0 Å². The van der Waals surface area contributed by atoms with Gasteiger partial charge in [-0.2, -0.15) is 0 Å². The summed E-state index contributed by atoms with van der Waals surface area (Å²) in [6, 6.07) is 9.77. The highest BCUT2D eigenvalue weighted by Gasteiger charge is 2.14. The summed E-state index contributed by atoms with van der Waals surface area (Å²) in [5.41, 5.74) is 7.13. The monoisotopic (exact) mass is 380 g/mol. The van der Waals surface area contributed by atoms with Crippen LogP contribution in [-0.2, 0) is 6.54 Å². The molecule has 0 atom stereocenters. The molecule has 0 unspecified atom stereocenters. The van der Waals surface area contributed by atoms with Gasteiger partial charge in [0.15, 0.2) is 5.76 Å². The quantitative estimate of drug-likeness (QED) is 0.586. The lowest BCUT2D eigenvalue weighted by Gasteiger charge is -2.10. The van der Waals surface area contributed by atoms with Crippen molar-refractivity contribution in [2.24, 2.45) is 0 Å². The molecular formula is C20H14F2N4O2. The number of nitrogen functional groups attached to an aromatic ring is 1. The van der Waals surface area contributed by atoms with Crippen LogP contribution in [0.25, 0.3) is 22.6 Å². The largest absolute Gasteiger partial charge is 0.463 e. The molecule has 3 heterocycles. The van der Waals surface area contributed by atoms with Crippen LogP contribution in [0.15, 0.2) is 70.3 Å². The van der Waals surface area contributed by atoms with Crippen LogP contribution in [0.4, 0.5) is 14.7 Å². The summed E-state index contributed by atoms with van der Waals surface area (Å²) in [4.78, 5) is 20.7. The van der Waals surface area contributed by atoms with Crippen molar-refractivity contribution in [1.29, 1.82) is 0 Å². The lowest BCUT2D eigenvalue weighted by molar-refractivity contribution is 0.564. The van der Waals surface area contributed by atoms with E-state index >= 15 is 0 Å². The Balaban J connectivity index is 1.72. The van der Waals surface area contributed by atoms with Crippen LogP contribution in [0.3, 0.4) is 0 Å². The van der Waals surface area contributed by atoms with Gasteiger partial charge in [0, 0.05) is 35.7 Å². The second kappa shape index (κ2) is 7.07. The average molecular weight is 380 g/mol. The lowest BCUT2D eigenvalue weighted by Crippen LogP contribution is -2.19. The highest BCUT2D eigenvalue weighted by molar-refractivity contribution is 5.78. The van der Waals surface area contributed by atoms with Gasteiger partial charge in [-0.05, 0) is 29.8 Å². The summed E-state index contributed by atoms with van der Waals surface area (Å²) in [5.74, 6) is -0.808. The van der Waals surface area contributed by atoms with E-state index in [1.54, 1.807) is 18.2 Å². The number of nitrogens with two attached hydrogens (primary N) is 1. The Kier molecular flexibility index (Phi) is 4.44. The summed E-state index contributed by atoms with van der Waals surface area (Å²) in [6.07, 6.45) is 4.55. The summed E-state index contributed by atoms with van der Waals surface area (Å²) in [7, 11) is 0. The molecule has 8 heteroatoms. The molecule has 0 aliphatic carbocycles. The number of rotatable bonds is 4. The molecule has 6 nitrogen and oxygen atoms in total. The minimum Gasteiger partial charge on any atom is -0.463 e. The van der Waals surface area contributed by atoms with E-state index in [-0.39, 0.29) is 23.6 Å². The van der Waals surface area contributed by atoms with Gasteiger partial charge in [0.1, 0.15) is 17.3 Å². The van der Waals surface area contributed by atoms with Gasteiger partial charge in [-0.3, -0.25) is 4.79 Å². The molecule has 0 fully saturated rings. The Labute approximate surface area is 157 Å². The van der Waals surface area contributed by atoms with Gasteiger partial charge in [0.2, 0.25) is 5.95 Å². The molecule has 28 heavy (non-hydrogen) atoms. The summed E-state index contributed by atoms with van der Waals surface area (Å²) < 4.78 is 33.6. The van der Waals surface area contributed by atoms with E-state index in [4.69, 9.17) is 10.2 Å². The minimum atomic E-state index is -0.706. The third-order valence-electron chi connectivity index (χ3n) is 4.22. The molecule has 0 aliphatic rings. The maximum atomic E-state index is 13.9. The first-order valence-electron chi connectivity index (χ1n) is 8.32. The van der Waals surface area contributed by atoms with E-state index in [0.29, 0.717) is 22.6 Å². The summed E-state index contributed by atoms with van der Waals surface area (Å²) in [5, 5.41) is 0. The Bertz CT molecular complexity index is 1200. The van der Waals surface area contributed by atoms with Crippen LogP contribution >= 0.6 is 0 Å². The summed E-state index contributed by atoms with van der Waals surface area (Å²) in [6.45, 7) is -0.0193. The smallest absolute Gasteiger partial charge is 0.251 e. The van der Waals surface area contributed by atoms with Crippen LogP contribution in [0.2, 0.25) is 0 Å². The van der Waals surface area contributed by atoms with E-state index in [9.17, 15) is 13.6 Å². The van der Waals surface area contributed by atoms with Crippen LogP contribution < -0.4 is 11.3 Å². The van der Waals surface area contributed by atoms with E-state index < -0.39 is 11.6 Å². The predicted octanol–water partition coefficient (Wildman–Crippen LogP) is 3.47. The average Bonchev–Trinajstić information content (AvgIpc) is 3.20. The number of pyridine rings is 1. The maximum absolute atomic E-state index is 13.9. The van der Waals surface area contributed by atoms with Gasteiger partial charge < -0.3 is 14.7 Å². The number of benzene rings is 1. The molecule has 4 rings (SSSR count). The topological polar surface area (TPSA) is 86.9 Å². The second-order valence-electron chi connectivity index (χ2n) is 6.09. The third-order valence-corrected chi connectivity index (χ3v) is 4.22. The fourth-order valence-electron chi connectivity index (χ4n) is 2.85. The zero-order valence-electron chi connectivity index (χ0n) is 14.5. The van der Waals surface area contributed by atoms with Crippen molar-refractivity contribution in [1.82, 2.24) is 14.5 Å². The molecule has 4 aromatic rings. The molecule has 2 N–H and O–H groups in total. The molecule has 0 saturated carbocycles. The molecule has 0 saturated heterocycles. The molecular weight excluding hydrogens is 366 g/mol. The number of halogens is 2. The number of furan rings is 1. The standard InChI is InChI=1S/C20H14F2N4O2/c21-14-4-3-13(16(22)9-14)11-26-6-5-12(8-18(26)27)15-10-24-20(23)25-19(15)17-2-1-7-28-17/h1-10H,11H2,(H2,23,24,25). The maximum Gasteiger partial charge on any atom is 0.251 e. The van der Waals surface area contributed by atoms with Gasteiger partial charge >= 0.3 is 0 Å². The molecule has 1 aromatic carbocycles. The van der Waals surface area contributed by atoms with Crippen molar-refractivity contribution in [2.75, 3.05) is 5.73 Å². The van der Waals surface area contributed by atoms with Gasteiger partial charge in [-0.25, -0.2) is 18.7 Å². The minimum absolute atomic E-state index is 0.0193. The van der Waals surface area contributed by atoms with Gasteiger partial charge in [0.25, 0.3) is 5.56 Å². The highest BCUT2D eigenvalue weighted by atomic mass is 19.1. The van der Waals surface area contributed by atoms with Crippen molar-refractivity contribution in [2.45, 2.75) is 6.54 Å². The van der Waals surface area contributed by atoms with Crippen molar-refractivity contribution >= 4 is 5.95 Å². The van der Waals surface area contributed by atoms with E-state index in [2.05, 4.69) is 9.97 Å². The van der Waals surface area contributed by atoms with Crippen LogP contribution in [-0.4, -0.2) is 14.5 Å². The second-order valence-corrected chi connectivity index (χ2v) is 6.09. The van der Waals surface area contributed by atoms with Crippen LogP contribution in [0.1, 0.15) is 5.56 Å². The normalized spacial score (nSPS) is 10.9. The zero-order valence-corrected chi connectivity index (χ0v) is 14.5. The molecule has 0 aliphatic heterocycles.